The molecule has 0 radical (unpaired) electrons. The summed E-state index contributed by atoms with van der Waals surface area (Å²) in [7, 11) is 0. The molecule has 25 heavy (non-hydrogen) atoms. The fourth-order valence-corrected chi connectivity index (χ4v) is 4.07. The molecule has 1 aromatic rings. The molecule has 0 aromatic heterocycles. The minimum absolute atomic E-state index is 0.130. The van der Waals surface area contributed by atoms with Crippen LogP contribution in [0.15, 0.2) is 42.0 Å². The highest BCUT2D eigenvalue weighted by Crippen LogP contribution is 2.40. The maximum Gasteiger partial charge on any atom is 0.0411 e. The number of anilines is 1. The molecule has 0 bridgehead atoms. The predicted molar refractivity (Wildman–Crippen MR) is 112 cm³/mol. The van der Waals surface area contributed by atoms with Gasteiger partial charge in [-0.2, -0.15) is 0 Å². The molecule has 0 spiro atoms. The largest absolute Gasteiger partial charge is 0.383 e. The van der Waals surface area contributed by atoms with E-state index in [0.717, 1.165) is 13.1 Å². The van der Waals surface area contributed by atoms with Crippen molar-refractivity contribution >= 4 is 11.8 Å². The normalized spacial score (nSPS) is 23.1. The minimum Gasteiger partial charge on any atom is -0.383 e. The van der Waals surface area contributed by atoms with Crippen molar-refractivity contribution in [2.75, 3.05) is 18.4 Å². The second-order valence-corrected chi connectivity index (χ2v) is 7.27. The summed E-state index contributed by atoms with van der Waals surface area (Å²) in [6.45, 7) is 15.0. The summed E-state index contributed by atoms with van der Waals surface area (Å²) in [6, 6.07) is 4.49. The maximum atomic E-state index is 3.74. The molecule has 1 unspecified atom stereocenters. The maximum absolute atomic E-state index is 3.74. The van der Waals surface area contributed by atoms with Crippen LogP contribution in [0.1, 0.15) is 50.8 Å². The molecule has 0 heterocycles. The van der Waals surface area contributed by atoms with Crippen LogP contribution in [0, 0.1) is 19.8 Å². The molecular weight excluding hydrogens is 304 g/mol. The van der Waals surface area contributed by atoms with Gasteiger partial charge in [0.05, 0.1) is 0 Å². The van der Waals surface area contributed by atoms with Crippen LogP contribution >= 0.6 is 0 Å². The molecule has 2 rings (SSSR count). The average Bonchev–Trinajstić information content (AvgIpc) is 2.53. The number of aryl methyl sites for hydroxylation is 2. The van der Waals surface area contributed by atoms with Crippen LogP contribution in [0.2, 0.25) is 0 Å². The van der Waals surface area contributed by atoms with Gasteiger partial charge in [0, 0.05) is 30.2 Å². The first kappa shape index (κ1) is 19.5. The van der Waals surface area contributed by atoms with E-state index in [4.69, 9.17) is 0 Å². The SMILES string of the molecule is C/C=C/C1=CC(C)(NCCNc2c(C)cc(/C=C/C)cc2C)[C@H]1CC. The van der Waals surface area contributed by atoms with Gasteiger partial charge in [0.15, 0.2) is 0 Å². The zero-order valence-corrected chi connectivity index (χ0v) is 16.7. The lowest BCUT2D eigenvalue weighted by Crippen LogP contribution is -2.54. The number of hydrogen-bond acceptors (Lipinski definition) is 2. The van der Waals surface area contributed by atoms with Crippen molar-refractivity contribution in [1.82, 2.24) is 5.32 Å². The Bertz CT molecular complexity index is 658. The van der Waals surface area contributed by atoms with Crippen molar-refractivity contribution in [3.8, 4) is 0 Å². The first-order valence-corrected chi connectivity index (χ1v) is 9.53. The Hall–Kier alpha value is -1.80. The quantitative estimate of drug-likeness (QED) is 0.599. The van der Waals surface area contributed by atoms with Gasteiger partial charge in [0.25, 0.3) is 0 Å². The van der Waals surface area contributed by atoms with E-state index in [1.165, 1.54) is 34.4 Å². The third-order valence-corrected chi connectivity index (χ3v) is 5.21. The van der Waals surface area contributed by atoms with Gasteiger partial charge >= 0.3 is 0 Å². The summed E-state index contributed by atoms with van der Waals surface area (Å²) in [4.78, 5) is 0. The van der Waals surface area contributed by atoms with Crippen LogP contribution < -0.4 is 10.6 Å². The Morgan fingerprint density at radius 2 is 1.68 bits per heavy atom. The van der Waals surface area contributed by atoms with Crippen molar-refractivity contribution in [2.24, 2.45) is 5.92 Å². The van der Waals surface area contributed by atoms with Gasteiger partial charge in [0.2, 0.25) is 0 Å². The summed E-state index contributed by atoms with van der Waals surface area (Å²) in [6.07, 6.45) is 12.2. The molecule has 0 fully saturated rings. The zero-order chi connectivity index (χ0) is 18.4. The molecule has 0 saturated heterocycles. The number of allylic oxidation sites excluding steroid dienone is 3. The molecule has 0 amide bonds. The van der Waals surface area contributed by atoms with E-state index >= 15 is 0 Å². The van der Waals surface area contributed by atoms with E-state index in [1.54, 1.807) is 0 Å². The Morgan fingerprint density at radius 3 is 2.24 bits per heavy atom. The van der Waals surface area contributed by atoms with Gasteiger partial charge in [-0.15, -0.1) is 0 Å². The molecule has 0 aliphatic heterocycles. The number of benzene rings is 1. The van der Waals surface area contributed by atoms with E-state index in [0.29, 0.717) is 5.92 Å². The first-order valence-electron chi connectivity index (χ1n) is 9.53. The monoisotopic (exact) mass is 338 g/mol. The lowest BCUT2D eigenvalue weighted by Gasteiger charge is -2.45. The fraction of sp³-hybridized carbons (Fsp3) is 0.478. The van der Waals surface area contributed by atoms with Gasteiger partial charge < -0.3 is 10.6 Å². The van der Waals surface area contributed by atoms with Gasteiger partial charge in [0.1, 0.15) is 0 Å². The minimum atomic E-state index is 0.130. The molecule has 1 aliphatic carbocycles. The Kier molecular flexibility index (Phi) is 6.66. The third kappa shape index (κ3) is 4.43. The molecule has 2 atom stereocenters. The number of rotatable bonds is 8. The highest BCUT2D eigenvalue weighted by atomic mass is 15.0. The zero-order valence-electron chi connectivity index (χ0n) is 16.7. The standard InChI is InChI=1S/C23H34N2/c1-7-10-19-14-17(4)22(18(5)15-19)24-12-13-25-23(6)16-20(11-8-2)21(23)9-3/h7-8,10-11,14-16,21,24-25H,9,12-13H2,1-6H3/b10-7+,11-8+/t21-,23?/m0/s1. The molecule has 2 heteroatoms. The highest BCUT2D eigenvalue weighted by molar-refractivity contribution is 5.63. The average molecular weight is 339 g/mol. The summed E-state index contributed by atoms with van der Waals surface area (Å²) >= 11 is 0. The lowest BCUT2D eigenvalue weighted by atomic mass is 9.67. The molecule has 0 saturated carbocycles. The van der Waals surface area contributed by atoms with E-state index < -0.39 is 0 Å². The molecule has 136 valence electrons. The number of hydrogen-bond donors (Lipinski definition) is 2. The van der Waals surface area contributed by atoms with Gasteiger partial charge in [-0.3, -0.25) is 0 Å². The van der Waals surface area contributed by atoms with Crippen molar-refractivity contribution in [1.29, 1.82) is 0 Å². The van der Waals surface area contributed by atoms with Gasteiger partial charge in [-0.05, 0) is 75.4 Å². The van der Waals surface area contributed by atoms with Crippen LogP contribution in [-0.4, -0.2) is 18.6 Å². The van der Waals surface area contributed by atoms with Crippen molar-refractivity contribution in [3.63, 3.8) is 0 Å². The Labute approximate surface area is 154 Å². The van der Waals surface area contributed by atoms with Gasteiger partial charge in [-0.1, -0.05) is 37.3 Å². The van der Waals surface area contributed by atoms with Crippen LogP contribution in [0.3, 0.4) is 0 Å². The van der Waals surface area contributed by atoms with Crippen LogP contribution in [0.25, 0.3) is 6.08 Å². The topological polar surface area (TPSA) is 24.1 Å². The molecular formula is C23H34N2. The number of nitrogens with one attached hydrogen (secondary N) is 2. The van der Waals surface area contributed by atoms with Crippen molar-refractivity contribution in [2.45, 2.75) is 53.5 Å². The highest BCUT2D eigenvalue weighted by Gasteiger charge is 2.40. The fourth-order valence-electron chi connectivity index (χ4n) is 4.07. The van der Waals surface area contributed by atoms with E-state index in [-0.39, 0.29) is 5.54 Å². The molecule has 1 aromatic carbocycles. The summed E-state index contributed by atoms with van der Waals surface area (Å²) in [5.74, 6) is 0.618. The lowest BCUT2D eigenvalue weighted by molar-refractivity contribution is 0.283. The van der Waals surface area contributed by atoms with Gasteiger partial charge in [-0.25, -0.2) is 0 Å². The molecule has 1 aliphatic rings. The first-order chi connectivity index (χ1) is 11.9. The third-order valence-electron chi connectivity index (χ3n) is 5.21. The Balaban J connectivity index is 1.92. The summed E-state index contributed by atoms with van der Waals surface area (Å²) in [5.41, 5.74) is 6.76. The second kappa shape index (κ2) is 8.53. The molecule has 2 N–H and O–H groups in total. The van der Waals surface area contributed by atoms with E-state index in [2.05, 4.69) is 94.7 Å². The second-order valence-electron chi connectivity index (χ2n) is 7.27. The molecule has 2 nitrogen and oxygen atoms in total. The van der Waals surface area contributed by atoms with Crippen molar-refractivity contribution in [3.05, 3.63) is 58.7 Å². The van der Waals surface area contributed by atoms with E-state index in [9.17, 15) is 0 Å². The van der Waals surface area contributed by atoms with Crippen molar-refractivity contribution < 1.29 is 0 Å². The van der Waals surface area contributed by atoms with Crippen LogP contribution in [0.4, 0.5) is 5.69 Å². The van der Waals surface area contributed by atoms with Crippen LogP contribution in [-0.2, 0) is 0 Å². The smallest absolute Gasteiger partial charge is 0.0411 e. The Morgan fingerprint density at radius 1 is 1.04 bits per heavy atom. The van der Waals surface area contributed by atoms with E-state index in [1.807, 2.05) is 0 Å². The van der Waals surface area contributed by atoms with Crippen LogP contribution in [0.5, 0.6) is 0 Å². The predicted octanol–water partition coefficient (Wildman–Crippen LogP) is 5.64. The summed E-state index contributed by atoms with van der Waals surface area (Å²) in [5, 5.41) is 7.36. The summed E-state index contributed by atoms with van der Waals surface area (Å²) < 4.78 is 0.